The van der Waals surface area contributed by atoms with Crippen molar-refractivity contribution in [1.82, 2.24) is 10.3 Å². The van der Waals surface area contributed by atoms with Crippen molar-refractivity contribution in [3.8, 4) is 17.1 Å². The molecule has 3 aromatic rings. The van der Waals surface area contributed by atoms with Crippen molar-refractivity contribution in [2.75, 3.05) is 13.7 Å². The van der Waals surface area contributed by atoms with E-state index in [1.54, 1.807) is 36.5 Å². The molecule has 142 valence electrons. The van der Waals surface area contributed by atoms with Crippen molar-refractivity contribution in [2.24, 2.45) is 0 Å². The minimum atomic E-state index is -0.748. The molecule has 0 aliphatic carbocycles. The fourth-order valence-electron chi connectivity index (χ4n) is 2.41. The average molecular weight is 380 g/mol. The van der Waals surface area contributed by atoms with Crippen LogP contribution in [0.1, 0.15) is 20.7 Å². The highest BCUT2D eigenvalue weighted by atomic mass is 16.5. The third-order valence-electron chi connectivity index (χ3n) is 3.78. The van der Waals surface area contributed by atoms with Crippen LogP contribution in [0.4, 0.5) is 0 Å². The fourth-order valence-corrected chi connectivity index (χ4v) is 2.41. The van der Waals surface area contributed by atoms with Gasteiger partial charge in [-0.05, 0) is 24.3 Å². The Morgan fingerprint density at radius 1 is 1.07 bits per heavy atom. The van der Waals surface area contributed by atoms with Crippen LogP contribution in [0.15, 0.2) is 65.5 Å². The normalized spacial score (nSPS) is 10.2. The number of carbonyl (C=O) groups excluding carboxylic acids is 3. The Morgan fingerprint density at radius 3 is 2.50 bits per heavy atom. The van der Waals surface area contributed by atoms with Crippen LogP contribution in [0.2, 0.25) is 0 Å². The van der Waals surface area contributed by atoms with Gasteiger partial charge in [0, 0.05) is 5.56 Å². The van der Waals surface area contributed by atoms with Gasteiger partial charge in [-0.3, -0.25) is 14.9 Å². The number of methoxy groups -OCH3 is 1. The van der Waals surface area contributed by atoms with Gasteiger partial charge in [-0.15, -0.1) is 0 Å². The number of carbonyl (C=O) groups is 3. The summed E-state index contributed by atoms with van der Waals surface area (Å²) in [6.07, 6.45) is 2.86. The molecule has 3 rings (SSSR count). The molecule has 28 heavy (non-hydrogen) atoms. The fraction of sp³-hybridized carbons (Fsp3) is 0.100. The van der Waals surface area contributed by atoms with Crippen LogP contribution >= 0.6 is 0 Å². The minimum Gasteiger partial charge on any atom is -0.496 e. The number of hydrogen-bond acceptors (Lipinski definition) is 7. The van der Waals surface area contributed by atoms with E-state index in [2.05, 4.69) is 10.3 Å². The zero-order valence-corrected chi connectivity index (χ0v) is 14.9. The Hall–Kier alpha value is -3.94. The van der Waals surface area contributed by atoms with Gasteiger partial charge in [-0.1, -0.05) is 24.3 Å². The lowest BCUT2D eigenvalue weighted by atomic mass is 10.1. The van der Waals surface area contributed by atoms with Crippen LogP contribution in [0.5, 0.6) is 5.75 Å². The molecule has 1 N–H and O–H groups in total. The Morgan fingerprint density at radius 2 is 1.82 bits per heavy atom. The molecule has 0 unspecified atom stereocenters. The zero-order chi connectivity index (χ0) is 19.9. The van der Waals surface area contributed by atoms with E-state index in [0.29, 0.717) is 11.5 Å². The first-order chi connectivity index (χ1) is 13.6. The largest absolute Gasteiger partial charge is 0.496 e. The molecule has 2 aromatic carbocycles. The molecule has 1 heterocycles. The second kappa shape index (κ2) is 8.63. The Kier molecular flexibility index (Phi) is 5.81. The number of benzene rings is 2. The van der Waals surface area contributed by atoms with Gasteiger partial charge in [-0.25, -0.2) is 9.78 Å². The van der Waals surface area contributed by atoms with Gasteiger partial charge in [-0.2, -0.15) is 0 Å². The van der Waals surface area contributed by atoms with Crippen molar-refractivity contribution in [3.05, 3.63) is 72.2 Å². The number of ether oxygens (including phenoxy) is 2. The van der Waals surface area contributed by atoms with Gasteiger partial charge in [0.1, 0.15) is 5.75 Å². The summed E-state index contributed by atoms with van der Waals surface area (Å²) in [5.41, 5.74) is 1.20. The summed E-state index contributed by atoms with van der Waals surface area (Å²) in [7, 11) is 1.42. The van der Waals surface area contributed by atoms with Gasteiger partial charge < -0.3 is 13.9 Å². The maximum absolute atomic E-state index is 12.1. The van der Waals surface area contributed by atoms with Crippen molar-refractivity contribution >= 4 is 17.8 Å². The number of aromatic nitrogens is 1. The van der Waals surface area contributed by atoms with E-state index in [4.69, 9.17) is 13.9 Å². The van der Waals surface area contributed by atoms with E-state index in [1.807, 2.05) is 0 Å². The molecule has 0 bridgehead atoms. The number of rotatable bonds is 6. The first-order valence-corrected chi connectivity index (χ1v) is 8.21. The zero-order valence-electron chi connectivity index (χ0n) is 14.9. The summed E-state index contributed by atoms with van der Waals surface area (Å²) in [6, 6.07) is 12.9. The van der Waals surface area contributed by atoms with Crippen LogP contribution in [0.25, 0.3) is 11.3 Å². The second-order valence-electron chi connectivity index (χ2n) is 5.60. The lowest BCUT2D eigenvalue weighted by molar-refractivity contribution is -0.123. The number of nitrogens with one attached hydrogen (secondary N) is 1. The first-order valence-electron chi connectivity index (χ1n) is 8.21. The SMILES string of the molecule is COc1ccccc1C(=O)NC(=O)COC(=O)c1ccc(-c2cnco2)cc1. The molecule has 0 saturated carbocycles. The molecule has 8 heteroatoms. The maximum atomic E-state index is 12.1. The number of nitrogens with zero attached hydrogens (tertiary/aromatic N) is 1. The van der Waals surface area contributed by atoms with Gasteiger partial charge >= 0.3 is 5.97 Å². The summed E-state index contributed by atoms with van der Waals surface area (Å²) in [5, 5.41) is 2.15. The summed E-state index contributed by atoms with van der Waals surface area (Å²) in [6.45, 7) is -0.594. The highest BCUT2D eigenvalue weighted by molar-refractivity contribution is 6.07. The van der Waals surface area contributed by atoms with E-state index in [1.165, 1.54) is 31.7 Å². The molecule has 0 radical (unpaired) electrons. The quantitative estimate of drug-likeness (QED) is 0.655. The van der Waals surface area contributed by atoms with Crippen molar-refractivity contribution in [3.63, 3.8) is 0 Å². The number of amides is 2. The number of esters is 1. The Balaban J connectivity index is 1.54. The van der Waals surface area contributed by atoms with Crippen LogP contribution in [0.3, 0.4) is 0 Å². The average Bonchev–Trinajstić information content (AvgIpc) is 3.27. The second-order valence-corrected chi connectivity index (χ2v) is 5.60. The van der Waals surface area contributed by atoms with Crippen LogP contribution in [-0.2, 0) is 9.53 Å². The van der Waals surface area contributed by atoms with Crippen molar-refractivity contribution in [1.29, 1.82) is 0 Å². The molecule has 0 saturated heterocycles. The number of oxazole rings is 1. The molecule has 1 aromatic heterocycles. The first kappa shape index (κ1) is 18.8. The highest BCUT2D eigenvalue weighted by Gasteiger charge is 2.16. The molecule has 0 spiro atoms. The predicted molar refractivity (Wildman–Crippen MR) is 97.7 cm³/mol. The lowest BCUT2D eigenvalue weighted by Crippen LogP contribution is -2.34. The molecule has 0 aliphatic heterocycles. The molecule has 0 atom stereocenters. The molecule has 0 fully saturated rings. The molecule has 2 amide bonds. The monoisotopic (exact) mass is 380 g/mol. The predicted octanol–water partition coefficient (Wildman–Crippen LogP) is 2.46. The third kappa shape index (κ3) is 4.42. The minimum absolute atomic E-state index is 0.202. The van der Waals surface area contributed by atoms with E-state index in [0.717, 1.165) is 5.56 Å². The summed E-state index contributed by atoms with van der Waals surface area (Å²) in [4.78, 5) is 39.9. The summed E-state index contributed by atoms with van der Waals surface area (Å²) in [5.74, 6) is -1.19. The van der Waals surface area contributed by atoms with Crippen molar-refractivity contribution < 1.29 is 28.3 Å². The third-order valence-corrected chi connectivity index (χ3v) is 3.78. The smallest absolute Gasteiger partial charge is 0.338 e. The Bertz CT molecular complexity index is 980. The van der Waals surface area contributed by atoms with E-state index < -0.39 is 24.4 Å². The number of imide groups is 1. The molecular weight excluding hydrogens is 364 g/mol. The Labute approximate surface area is 160 Å². The molecule has 0 aliphatic rings. The summed E-state index contributed by atoms with van der Waals surface area (Å²) >= 11 is 0. The van der Waals surface area contributed by atoms with Crippen molar-refractivity contribution in [2.45, 2.75) is 0 Å². The maximum Gasteiger partial charge on any atom is 0.338 e. The lowest BCUT2D eigenvalue weighted by Gasteiger charge is -2.09. The van der Waals surface area contributed by atoms with Crippen LogP contribution in [-0.4, -0.2) is 36.5 Å². The number of hydrogen-bond donors (Lipinski definition) is 1. The molecular formula is C20H16N2O6. The van der Waals surface area contributed by atoms with E-state index in [9.17, 15) is 14.4 Å². The number of para-hydroxylation sites is 1. The highest BCUT2D eigenvalue weighted by Crippen LogP contribution is 2.19. The topological polar surface area (TPSA) is 108 Å². The summed E-state index contributed by atoms with van der Waals surface area (Å²) < 4.78 is 15.2. The standard InChI is InChI=1S/C20H16N2O6/c1-26-16-5-3-2-4-15(16)19(24)22-18(23)11-27-20(25)14-8-6-13(7-9-14)17-10-21-12-28-17/h2-10,12H,11H2,1H3,(H,22,23,24). The van der Waals surface area contributed by atoms with Gasteiger partial charge in [0.25, 0.3) is 11.8 Å². The van der Waals surface area contributed by atoms with Gasteiger partial charge in [0.2, 0.25) is 0 Å². The van der Waals surface area contributed by atoms with Gasteiger partial charge in [0.15, 0.2) is 18.8 Å². The molecule has 8 nitrogen and oxygen atoms in total. The van der Waals surface area contributed by atoms with E-state index >= 15 is 0 Å². The van der Waals surface area contributed by atoms with Crippen LogP contribution < -0.4 is 10.1 Å². The van der Waals surface area contributed by atoms with Gasteiger partial charge in [0.05, 0.1) is 24.4 Å². The van der Waals surface area contributed by atoms with E-state index in [-0.39, 0.29) is 11.1 Å². The van der Waals surface area contributed by atoms with Crippen LogP contribution in [0, 0.1) is 0 Å².